The summed E-state index contributed by atoms with van der Waals surface area (Å²) < 4.78 is 0. The molecule has 0 saturated carbocycles. The molecule has 0 bridgehead atoms. The second-order valence-corrected chi connectivity index (χ2v) is 7.19. The topological polar surface area (TPSA) is 43.7 Å². The summed E-state index contributed by atoms with van der Waals surface area (Å²) in [7, 11) is 0. The zero-order valence-electron chi connectivity index (χ0n) is 16.1. The summed E-state index contributed by atoms with van der Waals surface area (Å²) in [5.74, 6) is 0. The Morgan fingerprint density at radius 1 is 0.609 bits per heavy atom. The Labute approximate surface area is 145 Å². The van der Waals surface area contributed by atoms with Gasteiger partial charge in [-0.2, -0.15) is 0 Å². The second kappa shape index (κ2) is 16.7. The summed E-state index contributed by atoms with van der Waals surface area (Å²) in [4.78, 5) is 2.23. The molecule has 0 aliphatic carbocycles. The van der Waals surface area contributed by atoms with Crippen LogP contribution in [0.5, 0.6) is 0 Å². The standard InChI is InChI=1S/C20H43NO2/c1-4-5-6-7-8-9-10-11-12-13-14-15-16-21(19(2)17-22)20(3)18-23/h19-20,22-23H,4-18H2,1-3H3. The van der Waals surface area contributed by atoms with Crippen LogP contribution in [0.2, 0.25) is 0 Å². The maximum absolute atomic E-state index is 9.32. The summed E-state index contributed by atoms with van der Waals surface area (Å²) in [6.45, 7) is 7.67. The number of hydrogen-bond acceptors (Lipinski definition) is 3. The Morgan fingerprint density at radius 3 is 1.30 bits per heavy atom. The van der Waals surface area contributed by atoms with E-state index in [9.17, 15) is 10.2 Å². The fraction of sp³-hybridized carbons (Fsp3) is 1.00. The average Bonchev–Trinajstić information content (AvgIpc) is 2.57. The molecule has 0 heterocycles. The zero-order chi connectivity index (χ0) is 17.3. The van der Waals surface area contributed by atoms with Crippen LogP contribution in [0.4, 0.5) is 0 Å². The Bertz CT molecular complexity index is 226. The van der Waals surface area contributed by atoms with Crippen molar-refractivity contribution in [1.82, 2.24) is 4.90 Å². The highest BCUT2D eigenvalue weighted by Crippen LogP contribution is 2.13. The van der Waals surface area contributed by atoms with Gasteiger partial charge in [0.15, 0.2) is 0 Å². The van der Waals surface area contributed by atoms with E-state index in [-0.39, 0.29) is 25.3 Å². The number of hydrogen-bond donors (Lipinski definition) is 2. The van der Waals surface area contributed by atoms with Gasteiger partial charge < -0.3 is 10.2 Å². The van der Waals surface area contributed by atoms with E-state index < -0.39 is 0 Å². The lowest BCUT2D eigenvalue weighted by Gasteiger charge is -2.32. The van der Waals surface area contributed by atoms with Crippen LogP contribution in [0.1, 0.15) is 97.8 Å². The number of nitrogens with zero attached hydrogens (tertiary/aromatic N) is 1. The quantitative estimate of drug-likeness (QED) is 0.378. The molecule has 0 fully saturated rings. The van der Waals surface area contributed by atoms with Gasteiger partial charge in [-0.25, -0.2) is 0 Å². The van der Waals surface area contributed by atoms with Crippen molar-refractivity contribution in [2.24, 2.45) is 0 Å². The van der Waals surface area contributed by atoms with E-state index >= 15 is 0 Å². The maximum atomic E-state index is 9.32. The van der Waals surface area contributed by atoms with E-state index in [1.807, 2.05) is 13.8 Å². The first kappa shape index (κ1) is 22.9. The monoisotopic (exact) mass is 329 g/mol. The normalized spacial score (nSPS) is 14.3. The van der Waals surface area contributed by atoms with Gasteiger partial charge >= 0.3 is 0 Å². The molecular weight excluding hydrogens is 286 g/mol. The molecule has 140 valence electrons. The molecule has 0 aromatic carbocycles. The first-order valence-electron chi connectivity index (χ1n) is 10.1. The van der Waals surface area contributed by atoms with Gasteiger partial charge in [0.2, 0.25) is 0 Å². The molecule has 2 atom stereocenters. The third-order valence-electron chi connectivity index (χ3n) is 4.93. The SMILES string of the molecule is CCCCCCCCCCCCCCN(C(C)CO)C(C)CO. The van der Waals surface area contributed by atoms with Crippen molar-refractivity contribution in [3.63, 3.8) is 0 Å². The van der Waals surface area contributed by atoms with Crippen molar-refractivity contribution in [2.75, 3.05) is 19.8 Å². The molecule has 0 aliphatic heterocycles. The largest absolute Gasteiger partial charge is 0.395 e. The van der Waals surface area contributed by atoms with Gasteiger partial charge in [0.05, 0.1) is 13.2 Å². The van der Waals surface area contributed by atoms with E-state index in [1.54, 1.807) is 0 Å². The fourth-order valence-electron chi connectivity index (χ4n) is 3.22. The van der Waals surface area contributed by atoms with Crippen LogP contribution in [0.15, 0.2) is 0 Å². The van der Waals surface area contributed by atoms with Gasteiger partial charge in [-0.3, -0.25) is 4.90 Å². The predicted octanol–water partition coefficient (Wildman–Crippen LogP) is 4.75. The summed E-state index contributed by atoms with van der Waals surface area (Å²) >= 11 is 0. The molecule has 2 N–H and O–H groups in total. The number of unbranched alkanes of at least 4 members (excludes halogenated alkanes) is 11. The summed E-state index contributed by atoms with van der Waals surface area (Å²) in [5, 5.41) is 18.6. The molecule has 3 heteroatoms. The second-order valence-electron chi connectivity index (χ2n) is 7.19. The van der Waals surface area contributed by atoms with Crippen LogP contribution < -0.4 is 0 Å². The van der Waals surface area contributed by atoms with Crippen LogP contribution in [0.25, 0.3) is 0 Å². The molecule has 0 spiro atoms. The van der Waals surface area contributed by atoms with Crippen molar-refractivity contribution in [2.45, 2.75) is 110 Å². The zero-order valence-corrected chi connectivity index (χ0v) is 16.1. The minimum atomic E-state index is 0.143. The van der Waals surface area contributed by atoms with Gasteiger partial charge in [-0.1, -0.05) is 77.6 Å². The average molecular weight is 330 g/mol. The first-order chi connectivity index (χ1) is 11.2. The van der Waals surface area contributed by atoms with Crippen LogP contribution in [0.3, 0.4) is 0 Å². The Balaban J connectivity index is 3.46. The highest BCUT2D eigenvalue weighted by atomic mass is 16.3. The summed E-state index contributed by atoms with van der Waals surface area (Å²) in [5.41, 5.74) is 0. The Kier molecular flexibility index (Phi) is 16.6. The van der Waals surface area contributed by atoms with Gasteiger partial charge in [0.25, 0.3) is 0 Å². The summed E-state index contributed by atoms with van der Waals surface area (Å²) in [6.07, 6.45) is 16.3. The minimum Gasteiger partial charge on any atom is -0.395 e. The maximum Gasteiger partial charge on any atom is 0.0584 e. The molecule has 2 unspecified atom stereocenters. The third kappa shape index (κ3) is 12.9. The number of aliphatic hydroxyl groups is 2. The van der Waals surface area contributed by atoms with Crippen LogP contribution in [0, 0.1) is 0 Å². The van der Waals surface area contributed by atoms with Crippen LogP contribution in [-0.2, 0) is 0 Å². The van der Waals surface area contributed by atoms with E-state index in [2.05, 4.69) is 11.8 Å². The molecule has 0 aromatic rings. The van der Waals surface area contributed by atoms with Gasteiger partial charge in [0.1, 0.15) is 0 Å². The Hall–Kier alpha value is -0.120. The molecule has 0 amide bonds. The lowest BCUT2D eigenvalue weighted by atomic mass is 10.0. The molecule has 0 rings (SSSR count). The van der Waals surface area contributed by atoms with E-state index in [1.165, 1.54) is 77.0 Å². The van der Waals surface area contributed by atoms with E-state index in [0.29, 0.717) is 0 Å². The third-order valence-corrected chi connectivity index (χ3v) is 4.93. The lowest BCUT2D eigenvalue weighted by Crippen LogP contribution is -2.44. The highest BCUT2D eigenvalue weighted by Gasteiger charge is 2.18. The van der Waals surface area contributed by atoms with Crippen LogP contribution in [-0.4, -0.2) is 47.0 Å². The van der Waals surface area contributed by atoms with Crippen molar-refractivity contribution in [3.05, 3.63) is 0 Å². The molecule has 0 aromatic heterocycles. The Morgan fingerprint density at radius 2 is 0.957 bits per heavy atom. The van der Waals surface area contributed by atoms with Crippen molar-refractivity contribution >= 4 is 0 Å². The van der Waals surface area contributed by atoms with Crippen LogP contribution >= 0.6 is 0 Å². The first-order valence-corrected chi connectivity index (χ1v) is 10.1. The summed E-state index contributed by atoms with van der Waals surface area (Å²) in [6, 6.07) is 0.287. The molecule has 0 aliphatic rings. The minimum absolute atomic E-state index is 0.143. The fourth-order valence-corrected chi connectivity index (χ4v) is 3.22. The predicted molar refractivity (Wildman–Crippen MR) is 101 cm³/mol. The van der Waals surface area contributed by atoms with E-state index in [4.69, 9.17) is 0 Å². The number of aliphatic hydroxyl groups excluding tert-OH is 2. The molecule has 3 nitrogen and oxygen atoms in total. The van der Waals surface area contributed by atoms with Crippen molar-refractivity contribution in [1.29, 1.82) is 0 Å². The van der Waals surface area contributed by atoms with Gasteiger partial charge in [-0.05, 0) is 26.8 Å². The van der Waals surface area contributed by atoms with Gasteiger partial charge in [0, 0.05) is 12.1 Å². The molecule has 0 radical (unpaired) electrons. The van der Waals surface area contributed by atoms with E-state index in [0.717, 1.165) is 6.54 Å². The smallest absolute Gasteiger partial charge is 0.0584 e. The molecule has 0 saturated heterocycles. The molecule has 23 heavy (non-hydrogen) atoms. The lowest BCUT2D eigenvalue weighted by molar-refractivity contribution is 0.0665. The van der Waals surface area contributed by atoms with Crippen molar-refractivity contribution in [3.8, 4) is 0 Å². The highest BCUT2D eigenvalue weighted by molar-refractivity contribution is 4.72. The molecular formula is C20H43NO2. The number of rotatable bonds is 17. The van der Waals surface area contributed by atoms with Crippen molar-refractivity contribution < 1.29 is 10.2 Å². The van der Waals surface area contributed by atoms with Gasteiger partial charge in [-0.15, -0.1) is 0 Å².